The van der Waals surface area contributed by atoms with Crippen LogP contribution in [-0.2, 0) is 4.79 Å². The van der Waals surface area contributed by atoms with Crippen molar-refractivity contribution in [1.82, 2.24) is 14.7 Å². The molecule has 2 fully saturated rings. The van der Waals surface area contributed by atoms with Crippen molar-refractivity contribution in [1.29, 1.82) is 0 Å². The number of likely N-dealkylation sites (tertiary alicyclic amines) is 1. The number of nitrogens with zero attached hydrogens (tertiary/aromatic N) is 3. The minimum atomic E-state index is 0.275. The highest BCUT2D eigenvalue weighted by Gasteiger charge is 2.30. The van der Waals surface area contributed by atoms with E-state index in [0.717, 1.165) is 58.7 Å². The maximum atomic E-state index is 12.6. The molecule has 0 aliphatic carbocycles. The molecule has 21 heavy (non-hydrogen) atoms. The van der Waals surface area contributed by atoms with Gasteiger partial charge >= 0.3 is 0 Å². The maximum absolute atomic E-state index is 12.6. The molecule has 2 aliphatic rings. The Balaban J connectivity index is 1.75. The van der Waals surface area contributed by atoms with Gasteiger partial charge in [0, 0.05) is 44.7 Å². The predicted molar refractivity (Wildman–Crippen MR) is 87.3 cm³/mol. The zero-order chi connectivity index (χ0) is 15.4. The summed E-state index contributed by atoms with van der Waals surface area (Å²) in [5, 5.41) is 0. The average molecular weight is 295 g/mol. The molecular weight excluding hydrogens is 262 g/mol. The largest absolute Gasteiger partial charge is 0.340 e. The zero-order valence-electron chi connectivity index (χ0n) is 14.3. The molecule has 0 radical (unpaired) electrons. The molecule has 0 aromatic heterocycles. The molecule has 0 spiro atoms. The van der Waals surface area contributed by atoms with E-state index in [9.17, 15) is 4.79 Å². The summed E-state index contributed by atoms with van der Waals surface area (Å²) in [5.41, 5.74) is 0. The molecule has 0 atom stereocenters. The van der Waals surface area contributed by atoms with Gasteiger partial charge in [-0.2, -0.15) is 0 Å². The smallest absolute Gasteiger partial charge is 0.225 e. The minimum absolute atomic E-state index is 0.275. The monoisotopic (exact) mass is 295 g/mol. The van der Waals surface area contributed by atoms with Crippen LogP contribution in [0.5, 0.6) is 0 Å². The van der Waals surface area contributed by atoms with E-state index in [2.05, 4.69) is 42.4 Å². The highest BCUT2D eigenvalue weighted by molar-refractivity contribution is 5.79. The van der Waals surface area contributed by atoms with Gasteiger partial charge in [0.15, 0.2) is 0 Å². The first-order valence-electron chi connectivity index (χ1n) is 8.72. The first-order valence-corrected chi connectivity index (χ1v) is 8.72. The zero-order valence-corrected chi connectivity index (χ0v) is 14.3. The second-order valence-electron chi connectivity index (χ2n) is 7.42. The highest BCUT2D eigenvalue weighted by Crippen LogP contribution is 2.21. The fourth-order valence-corrected chi connectivity index (χ4v) is 3.59. The van der Waals surface area contributed by atoms with Crippen molar-refractivity contribution in [2.75, 3.05) is 45.8 Å². The van der Waals surface area contributed by atoms with Crippen LogP contribution < -0.4 is 0 Å². The van der Waals surface area contributed by atoms with E-state index in [4.69, 9.17) is 0 Å². The molecule has 0 N–H and O–H groups in total. The first-order chi connectivity index (χ1) is 9.97. The summed E-state index contributed by atoms with van der Waals surface area (Å²) in [4.78, 5) is 19.8. The molecule has 0 saturated carbocycles. The molecular formula is C17H33N3O. The number of hydrogen-bond donors (Lipinski definition) is 0. The number of piperazine rings is 1. The van der Waals surface area contributed by atoms with E-state index in [1.807, 2.05) is 0 Å². The SMILES string of the molecule is CC(C)CN1CCN(C(=O)C2CCN(C(C)C)CC2)CC1. The van der Waals surface area contributed by atoms with Crippen LogP contribution in [0.3, 0.4) is 0 Å². The normalized spacial score (nSPS) is 23.2. The maximum Gasteiger partial charge on any atom is 0.225 e. The van der Waals surface area contributed by atoms with Crippen LogP contribution in [-0.4, -0.2) is 72.5 Å². The average Bonchev–Trinajstić information content (AvgIpc) is 2.47. The van der Waals surface area contributed by atoms with Gasteiger partial charge in [-0.3, -0.25) is 9.69 Å². The van der Waals surface area contributed by atoms with E-state index < -0.39 is 0 Å². The fourth-order valence-electron chi connectivity index (χ4n) is 3.59. The fraction of sp³-hybridized carbons (Fsp3) is 0.941. The molecule has 2 heterocycles. The number of carbonyl (C=O) groups is 1. The van der Waals surface area contributed by atoms with Gasteiger partial charge in [-0.05, 0) is 45.7 Å². The van der Waals surface area contributed by atoms with Gasteiger partial charge in [-0.15, -0.1) is 0 Å². The van der Waals surface area contributed by atoms with E-state index in [0.29, 0.717) is 17.9 Å². The Hall–Kier alpha value is -0.610. The summed E-state index contributed by atoms with van der Waals surface area (Å²) in [7, 11) is 0. The predicted octanol–water partition coefficient (Wildman–Crippen LogP) is 1.91. The minimum Gasteiger partial charge on any atom is -0.340 e. The Bertz CT molecular complexity index is 327. The Morgan fingerprint density at radius 2 is 1.52 bits per heavy atom. The van der Waals surface area contributed by atoms with E-state index >= 15 is 0 Å². The lowest BCUT2D eigenvalue weighted by Crippen LogP contribution is -2.52. The number of carbonyl (C=O) groups excluding carboxylic acids is 1. The number of amides is 1. The quantitative estimate of drug-likeness (QED) is 0.793. The molecule has 4 nitrogen and oxygen atoms in total. The summed E-state index contributed by atoms with van der Waals surface area (Å²) >= 11 is 0. The van der Waals surface area contributed by atoms with E-state index in [1.165, 1.54) is 0 Å². The molecule has 0 aromatic carbocycles. The third kappa shape index (κ3) is 4.68. The highest BCUT2D eigenvalue weighted by atomic mass is 16.2. The van der Waals surface area contributed by atoms with Gasteiger partial charge in [-0.1, -0.05) is 13.8 Å². The Kier molecular flexibility index (Phi) is 6.06. The van der Waals surface area contributed by atoms with Crippen molar-refractivity contribution >= 4 is 5.91 Å². The van der Waals surface area contributed by atoms with Gasteiger partial charge < -0.3 is 9.80 Å². The molecule has 122 valence electrons. The molecule has 4 heteroatoms. The topological polar surface area (TPSA) is 26.8 Å². The van der Waals surface area contributed by atoms with Crippen LogP contribution in [0.2, 0.25) is 0 Å². The van der Waals surface area contributed by atoms with Crippen LogP contribution in [0.15, 0.2) is 0 Å². The Morgan fingerprint density at radius 1 is 0.952 bits per heavy atom. The van der Waals surface area contributed by atoms with Crippen molar-refractivity contribution in [3.05, 3.63) is 0 Å². The van der Waals surface area contributed by atoms with Crippen LogP contribution in [0.4, 0.5) is 0 Å². The second kappa shape index (κ2) is 7.59. The first kappa shape index (κ1) is 16.8. The van der Waals surface area contributed by atoms with Gasteiger partial charge in [0.25, 0.3) is 0 Å². The van der Waals surface area contributed by atoms with Gasteiger partial charge in [0.1, 0.15) is 0 Å². The van der Waals surface area contributed by atoms with E-state index in [1.54, 1.807) is 0 Å². The van der Waals surface area contributed by atoms with Crippen molar-refractivity contribution in [3.63, 3.8) is 0 Å². The lowest BCUT2D eigenvalue weighted by Gasteiger charge is -2.39. The van der Waals surface area contributed by atoms with Gasteiger partial charge in [0.2, 0.25) is 5.91 Å². The lowest BCUT2D eigenvalue weighted by atomic mass is 9.94. The summed E-state index contributed by atoms with van der Waals surface area (Å²) in [6.45, 7) is 16.3. The van der Waals surface area contributed by atoms with Gasteiger partial charge in [-0.25, -0.2) is 0 Å². The van der Waals surface area contributed by atoms with Crippen LogP contribution in [0, 0.1) is 11.8 Å². The van der Waals surface area contributed by atoms with Crippen LogP contribution in [0.25, 0.3) is 0 Å². The summed E-state index contributed by atoms with van der Waals surface area (Å²) in [6, 6.07) is 0.612. The molecule has 2 aliphatic heterocycles. The molecule has 2 rings (SSSR count). The third-order valence-electron chi connectivity index (χ3n) is 4.92. The van der Waals surface area contributed by atoms with Crippen molar-refractivity contribution in [2.45, 2.75) is 46.6 Å². The number of piperidine rings is 1. The molecule has 2 saturated heterocycles. The Labute approximate surface area is 130 Å². The summed E-state index contributed by atoms with van der Waals surface area (Å²) < 4.78 is 0. The number of rotatable bonds is 4. The Morgan fingerprint density at radius 3 is 2.00 bits per heavy atom. The number of hydrogen-bond acceptors (Lipinski definition) is 3. The lowest BCUT2D eigenvalue weighted by molar-refractivity contribution is -0.139. The molecule has 0 aromatic rings. The summed E-state index contributed by atoms with van der Waals surface area (Å²) in [5.74, 6) is 1.41. The van der Waals surface area contributed by atoms with Crippen molar-refractivity contribution in [2.24, 2.45) is 11.8 Å². The third-order valence-corrected chi connectivity index (χ3v) is 4.92. The van der Waals surface area contributed by atoms with Gasteiger partial charge in [0.05, 0.1) is 0 Å². The van der Waals surface area contributed by atoms with Crippen molar-refractivity contribution in [3.8, 4) is 0 Å². The molecule has 0 bridgehead atoms. The van der Waals surface area contributed by atoms with E-state index in [-0.39, 0.29) is 5.92 Å². The second-order valence-corrected chi connectivity index (χ2v) is 7.42. The summed E-state index contributed by atoms with van der Waals surface area (Å²) in [6.07, 6.45) is 2.09. The van der Waals surface area contributed by atoms with Crippen molar-refractivity contribution < 1.29 is 4.79 Å². The van der Waals surface area contributed by atoms with Crippen LogP contribution >= 0.6 is 0 Å². The van der Waals surface area contributed by atoms with Crippen LogP contribution in [0.1, 0.15) is 40.5 Å². The molecule has 1 amide bonds. The standard InChI is InChI=1S/C17H33N3O/c1-14(2)13-18-9-11-20(12-10-18)17(21)16-5-7-19(8-6-16)15(3)4/h14-16H,5-13H2,1-4H3. The molecule has 0 unspecified atom stereocenters.